The van der Waals surface area contributed by atoms with Gasteiger partial charge in [0.05, 0.1) is 14.2 Å². The molecular weight excluding hydrogens is 523 g/mol. The SMILES string of the molecule is COc1ccc(C23CCC(NC(=O)Nc4cc(Cl)nc(Cl)c4)CC2N(Cc2ccccc2)CC3)cc1OC. The van der Waals surface area contributed by atoms with Crippen molar-refractivity contribution in [1.29, 1.82) is 0 Å². The van der Waals surface area contributed by atoms with E-state index in [1.54, 1.807) is 26.4 Å². The minimum atomic E-state index is -0.278. The standard InChI is InChI=1S/C29H32Cl2N4O3/c1-37-23-9-8-20(14-24(23)38-2)29-11-10-21(32-28(36)33-22-16-26(30)34-27(31)17-22)15-25(29)35(13-12-29)18-19-6-4-3-5-7-19/h3-9,14,16-17,21,25H,10-13,15,18H2,1-2H3,(H2,32,33,34,36). The molecule has 200 valence electrons. The Hall–Kier alpha value is -3.00. The van der Waals surface area contributed by atoms with Crippen molar-refractivity contribution in [2.24, 2.45) is 0 Å². The summed E-state index contributed by atoms with van der Waals surface area (Å²) in [4.78, 5) is 19.4. The number of urea groups is 1. The van der Waals surface area contributed by atoms with Gasteiger partial charge in [-0.3, -0.25) is 4.90 Å². The highest BCUT2D eigenvalue weighted by Crippen LogP contribution is 2.50. The van der Waals surface area contributed by atoms with E-state index in [0.29, 0.717) is 5.69 Å². The lowest BCUT2D eigenvalue weighted by Crippen LogP contribution is -2.52. The number of carbonyl (C=O) groups excluding carboxylic acids is 1. The minimum Gasteiger partial charge on any atom is -0.493 e. The molecule has 0 bridgehead atoms. The van der Waals surface area contributed by atoms with Gasteiger partial charge in [-0.1, -0.05) is 59.6 Å². The molecule has 3 aromatic rings. The molecular formula is C29H32Cl2N4O3. The topological polar surface area (TPSA) is 75.7 Å². The van der Waals surface area contributed by atoms with Crippen LogP contribution in [0.5, 0.6) is 11.5 Å². The average Bonchev–Trinajstić information content (AvgIpc) is 3.26. The molecule has 2 heterocycles. The highest BCUT2D eigenvalue weighted by atomic mass is 35.5. The van der Waals surface area contributed by atoms with Gasteiger partial charge in [0, 0.05) is 29.7 Å². The van der Waals surface area contributed by atoms with Crippen LogP contribution in [0.2, 0.25) is 10.3 Å². The number of nitrogens with one attached hydrogen (secondary N) is 2. The van der Waals surface area contributed by atoms with E-state index in [1.165, 1.54) is 11.1 Å². The fraction of sp³-hybridized carbons (Fsp3) is 0.379. The van der Waals surface area contributed by atoms with Gasteiger partial charge in [-0.15, -0.1) is 0 Å². The Morgan fingerprint density at radius 3 is 2.47 bits per heavy atom. The highest BCUT2D eigenvalue weighted by Gasteiger charge is 2.51. The van der Waals surface area contributed by atoms with E-state index >= 15 is 0 Å². The van der Waals surface area contributed by atoms with E-state index in [1.807, 2.05) is 12.1 Å². The third kappa shape index (κ3) is 5.55. The molecule has 9 heteroatoms. The molecule has 0 radical (unpaired) electrons. The van der Waals surface area contributed by atoms with Crippen LogP contribution >= 0.6 is 23.2 Å². The van der Waals surface area contributed by atoms with Crippen molar-refractivity contribution in [2.45, 2.75) is 49.7 Å². The number of hydrogen-bond donors (Lipinski definition) is 2. The molecule has 2 amide bonds. The first-order valence-electron chi connectivity index (χ1n) is 12.8. The first kappa shape index (κ1) is 26.6. The molecule has 2 N–H and O–H groups in total. The molecule has 0 spiro atoms. The Bertz CT molecular complexity index is 1270. The molecule has 1 saturated carbocycles. The molecule has 1 aliphatic heterocycles. The van der Waals surface area contributed by atoms with Crippen LogP contribution in [-0.2, 0) is 12.0 Å². The maximum absolute atomic E-state index is 12.9. The first-order chi connectivity index (χ1) is 18.4. The molecule has 5 rings (SSSR count). The van der Waals surface area contributed by atoms with Crippen LogP contribution in [0.1, 0.15) is 36.8 Å². The van der Waals surface area contributed by atoms with Gasteiger partial charge in [-0.25, -0.2) is 9.78 Å². The quantitative estimate of drug-likeness (QED) is 0.335. The predicted octanol–water partition coefficient (Wildman–Crippen LogP) is 6.29. The summed E-state index contributed by atoms with van der Waals surface area (Å²) in [5, 5.41) is 6.49. The number of likely N-dealkylation sites (tertiary alicyclic amines) is 1. The Balaban J connectivity index is 1.38. The number of fused-ring (bicyclic) bond motifs is 1. The molecule has 7 nitrogen and oxygen atoms in total. The summed E-state index contributed by atoms with van der Waals surface area (Å²) < 4.78 is 11.2. The summed E-state index contributed by atoms with van der Waals surface area (Å²) in [6, 6.07) is 20.0. The van der Waals surface area contributed by atoms with Crippen molar-refractivity contribution in [3.8, 4) is 11.5 Å². The number of pyridine rings is 1. The van der Waals surface area contributed by atoms with Gasteiger partial charge < -0.3 is 20.1 Å². The van der Waals surface area contributed by atoms with E-state index in [4.69, 9.17) is 32.7 Å². The number of hydrogen-bond acceptors (Lipinski definition) is 5. The number of benzene rings is 2. The summed E-state index contributed by atoms with van der Waals surface area (Å²) in [7, 11) is 3.33. The van der Waals surface area contributed by atoms with Gasteiger partial charge in [0.1, 0.15) is 10.3 Å². The molecule has 1 aromatic heterocycles. The first-order valence-corrected chi connectivity index (χ1v) is 13.6. The van der Waals surface area contributed by atoms with Gasteiger partial charge in [-0.2, -0.15) is 0 Å². The largest absolute Gasteiger partial charge is 0.493 e. The van der Waals surface area contributed by atoms with E-state index in [-0.39, 0.29) is 33.8 Å². The van der Waals surface area contributed by atoms with Crippen LogP contribution in [0.25, 0.3) is 0 Å². The van der Waals surface area contributed by atoms with Crippen LogP contribution in [0, 0.1) is 0 Å². The number of methoxy groups -OCH3 is 2. The third-order valence-corrected chi connectivity index (χ3v) is 8.30. The van der Waals surface area contributed by atoms with Gasteiger partial charge in [-0.05, 0) is 67.6 Å². The van der Waals surface area contributed by atoms with Crippen LogP contribution in [0.3, 0.4) is 0 Å². The third-order valence-electron chi connectivity index (χ3n) is 7.91. The summed E-state index contributed by atoms with van der Waals surface area (Å²) in [6.45, 7) is 1.86. The smallest absolute Gasteiger partial charge is 0.319 e. The maximum Gasteiger partial charge on any atom is 0.319 e. The van der Waals surface area contributed by atoms with E-state index in [0.717, 1.165) is 50.3 Å². The van der Waals surface area contributed by atoms with Crippen molar-refractivity contribution in [2.75, 3.05) is 26.1 Å². The monoisotopic (exact) mass is 554 g/mol. The summed E-state index contributed by atoms with van der Waals surface area (Å²) in [5.41, 5.74) is 3.03. The van der Waals surface area contributed by atoms with E-state index < -0.39 is 0 Å². The van der Waals surface area contributed by atoms with E-state index in [2.05, 4.69) is 56.9 Å². The number of aromatic nitrogens is 1. The number of rotatable bonds is 7. The second-order valence-electron chi connectivity index (χ2n) is 10.0. The predicted molar refractivity (Wildman–Crippen MR) is 151 cm³/mol. The lowest BCUT2D eigenvalue weighted by molar-refractivity contribution is 0.131. The molecule has 3 unspecified atom stereocenters. The minimum absolute atomic E-state index is 0.0254. The number of anilines is 1. The zero-order valence-corrected chi connectivity index (χ0v) is 23.1. The van der Waals surface area contributed by atoms with Gasteiger partial charge in [0.2, 0.25) is 0 Å². The molecule has 3 atom stereocenters. The van der Waals surface area contributed by atoms with Gasteiger partial charge in [0.15, 0.2) is 11.5 Å². The van der Waals surface area contributed by atoms with Crippen LogP contribution in [0.4, 0.5) is 10.5 Å². The second-order valence-corrected chi connectivity index (χ2v) is 10.8. The van der Waals surface area contributed by atoms with Crippen molar-refractivity contribution in [1.82, 2.24) is 15.2 Å². The number of carbonyl (C=O) groups is 1. The molecule has 2 aromatic carbocycles. The molecule has 2 fully saturated rings. The average molecular weight is 556 g/mol. The molecule has 1 saturated heterocycles. The summed E-state index contributed by atoms with van der Waals surface area (Å²) in [5.74, 6) is 1.47. The number of nitrogens with zero attached hydrogens (tertiary/aromatic N) is 2. The van der Waals surface area contributed by atoms with Crippen molar-refractivity contribution in [3.05, 3.63) is 82.1 Å². The van der Waals surface area contributed by atoms with Crippen LogP contribution in [0.15, 0.2) is 60.7 Å². The zero-order chi connectivity index (χ0) is 26.7. The summed E-state index contributed by atoms with van der Waals surface area (Å²) in [6.07, 6.45) is 3.71. The number of amides is 2. The molecule has 38 heavy (non-hydrogen) atoms. The Labute approximate surface area is 233 Å². The Morgan fingerprint density at radius 1 is 1.03 bits per heavy atom. The van der Waals surface area contributed by atoms with Crippen molar-refractivity contribution < 1.29 is 14.3 Å². The van der Waals surface area contributed by atoms with Crippen LogP contribution in [-0.4, -0.2) is 48.8 Å². The maximum atomic E-state index is 12.9. The van der Waals surface area contributed by atoms with E-state index in [9.17, 15) is 4.79 Å². The lowest BCUT2D eigenvalue weighted by atomic mass is 9.65. The number of ether oxygens (including phenoxy) is 2. The normalized spacial score (nSPS) is 22.9. The van der Waals surface area contributed by atoms with Gasteiger partial charge >= 0.3 is 6.03 Å². The van der Waals surface area contributed by atoms with Crippen LogP contribution < -0.4 is 20.1 Å². The second kappa shape index (κ2) is 11.4. The Kier molecular flexibility index (Phi) is 7.98. The Morgan fingerprint density at radius 2 is 1.76 bits per heavy atom. The fourth-order valence-corrected chi connectivity index (χ4v) is 6.62. The lowest BCUT2D eigenvalue weighted by Gasteiger charge is -2.45. The fourth-order valence-electron chi connectivity index (χ4n) is 6.16. The summed E-state index contributed by atoms with van der Waals surface area (Å²) >= 11 is 12.0. The number of halogens is 2. The molecule has 2 aliphatic rings. The molecule has 1 aliphatic carbocycles. The highest BCUT2D eigenvalue weighted by molar-refractivity contribution is 6.32. The zero-order valence-electron chi connectivity index (χ0n) is 21.5. The van der Waals surface area contributed by atoms with Gasteiger partial charge in [0.25, 0.3) is 0 Å². The van der Waals surface area contributed by atoms with Crippen molar-refractivity contribution >= 4 is 34.9 Å². The van der Waals surface area contributed by atoms with Crippen molar-refractivity contribution in [3.63, 3.8) is 0 Å².